The summed E-state index contributed by atoms with van der Waals surface area (Å²) in [7, 11) is 0. The summed E-state index contributed by atoms with van der Waals surface area (Å²) in [6.07, 6.45) is 14.0. The van der Waals surface area contributed by atoms with Crippen molar-refractivity contribution in [3.63, 3.8) is 0 Å². The lowest BCUT2D eigenvalue weighted by Crippen LogP contribution is -2.27. The lowest BCUT2D eigenvalue weighted by Gasteiger charge is -2.32. The van der Waals surface area contributed by atoms with Crippen LogP contribution in [0.1, 0.15) is 36.8 Å². The van der Waals surface area contributed by atoms with Crippen molar-refractivity contribution >= 4 is 0 Å². The molecule has 21 heavy (non-hydrogen) atoms. The molecule has 0 amide bonds. The van der Waals surface area contributed by atoms with Crippen molar-refractivity contribution in [1.29, 1.82) is 0 Å². The molecular formula is C19H24O2. The molecule has 0 radical (unpaired) electrons. The fourth-order valence-corrected chi connectivity index (χ4v) is 3.18. The van der Waals surface area contributed by atoms with Crippen LogP contribution in [0.4, 0.5) is 0 Å². The van der Waals surface area contributed by atoms with E-state index in [1.54, 1.807) is 6.08 Å². The minimum absolute atomic E-state index is 0.0161. The van der Waals surface area contributed by atoms with Gasteiger partial charge in [0.05, 0.1) is 6.61 Å². The van der Waals surface area contributed by atoms with Crippen LogP contribution in [0, 0.1) is 19.8 Å². The van der Waals surface area contributed by atoms with Gasteiger partial charge in [0, 0.05) is 5.41 Å². The molecule has 2 N–H and O–H groups in total. The summed E-state index contributed by atoms with van der Waals surface area (Å²) in [5.41, 5.74) is 3.21. The summed E-state index contributed by atoms with van der Waals surface area (Å²) < 4.78 is 0. The smallest absolute Gasteiger partial charge is 0.108 e. The Morgan fingerprint density at radius 3 is 2.19 bits per heavy atom. The third-order valence-corrected chi connectivity index (χ3v) is 4.19. The van der Waals surface area contributed by atoms with E-state index in [2.05, 4.69) is 50.6 Å². The number of aryl methyl sites for hydroxylation is 1. The van der Waals surface area contributed by atoms with E-state index in [-0.39, 0.29) is 17.8 Å². The Kier molecular flexibility index (Phi) is 6.27. The van der Waals surface area contributed by atoms with Gasteiger partial charge < -0.3 is 10.2 Å². The Morgan fingerprint density at radius 2 is 1.76 bits per heavy atom. The maximum atomic E-state index is 9.70. The number of hydrogen-bond donors (Lipinski definition) is 2. The molecule has 1 saturated carbocycles. The number of hydrogen-bond acceptors (Lipinski definition) is 2. The molecule has 0 spiro atoms. The van der Waals surface area contributed by atoms with Gasteiger partial charge in [-0.05, 0) is 37.0 Å². The van der Waals surface area contributed by atoms with Crippen LogP contribution in [0.15, 0.2) is 48.3 Å². The third-order valence-electron chi connectivity index (χ3n) is 4.19. The molecule has 2 nitrogen and oxygen atoms in total. The lowest BCUT2D eigenvalue weighted by atomic mass is 9.72. The van der Waals surface area contributed by atoms with Crippen molar-refractivity contribution in [2.45, 2.75) is 38.0 Å². The monoisotopic (exact) mass is 284 g/mol. The first kappa shape index (κ1) is 17.1. The number of rotatable bonds is 4. The van der Waals surface area contributed by atoms with Gasteiger partial charge in [0.25, 0.3) is 0 Å². The zero-order valence-electron chi connectivity index (χ0n) is 12.7. The van der Waals surface area contributed by atoms with Crippen molar-refractivity contribution in [2.75, 3.05) is 6.61 Å². The summed E-state index contributed by atoms with van der Waals surface area (Å²) in [4.78, 5) is 0. The second-order valence-electron chi connectivity index (χ2n) is 5.47. The summed E-state index contributed by atoms with van der Waals surface area (Å²) >= 11 is 0. The molecule has 1 aromatic carbocycles. The van der Waals surface area contributed by atoms with Gasteiger partial charge in [0.15, 0.2) is 0 Å². The van der Waals surface area contributed by atoms with Crippen LogP contribution in [-0.4, -0.2) is 16.8 Å². The summed E-state index contributed by atoms with van der Waals surface area (Å²) in [5, 5.41) is 19.1. The number of allylic oxidation sites excluding steroid dienone is 1. The Balaban J connectivity index is 0.00000106. The standard InChI is InChI=1S/C17H22O2.C2H2/c1-13-5-7-15(8-6-13)17(9-3-4-10-17)16(12-18)11-14(2)19;1-2/h5-8,11,18-19H,2-4,9-10,12H2,1H3;1-2H/b16-11+;. The molecular weight excluding hydrogens is 260 g/mol. The summed E-state index contributed by atoms with van der Waals surface area (Å²) in [6.45, 7) is 5.56. The van der Waals surface area contributed by atoms with Gasteiger partial charge >= 0.3 is 0 Å². The molecule has 1 aliphatic carbocycles. The van der Waals surface area contributed by atoms with Crippen molar-refractivity contribution in [2.24, 2.45) is 0 Å². The molecule has 0 atom stereocenters. The predicted molar refractivity (Wildman–Crippen MR) is 88.2 cm³/mol. The van der Waals surface area contributed by atoms with E-state index in [0.29, 0.717) is 0 Å². The third kappa shape index (κ3) is 3.77. The quantitative estimate of drug-likeness (QED) is 0.497. The second-order valence-corrected chi connectivity index (χ2v) is 5.47. The zero-order valence-corrected chi connectivity index (χ0v) is 12.7. The first-order valence-corrected chi connectivity index (χ1v) is 7.19. The van der Waals surface area contributed by atoms with Crippen LogP contribution in [-0.2, 0) is 5.41 Å². The molecule has 1 aliphatic rings. The van der Waals surface area contributed by atoms with Crippen LogP contribution in [0.3, 0.4) is 0 Å². The van der Waals surface area contributed by atoms with Gasteiger partial charge in [-0.15, -0.1) is 12.8 Å². The molecule has 0 saturated heterocycles. The summed E-state index contributed by atoms with van der Waals surface area (Å²) in [5.74, 6) is 0.0161. The minimum Gasteiger partial charge on any atom is -0.509 e. The van der Waals surface area contributed by atoms with E-state index < -0.39 is 0 Å². The highest BCUT2D eigenvalue weighted by molar-refractivity contribution is 5.41. The predicted octanol–water partition coefficient (Wildman–Crippen LogP) is 4.05. The number of terminal acetylenes is 1. The highest BCUT2D eigenvalue weighted by Crippen LogP contribution is 2.46. The molecule has 2 heteroatoms. The maximum Gasteiger partial charge on any atom is 0.108 e. The lowest BCUT2D eigenvalue weighted by molar-refractivity contribution is 0.300. The van der Waals surface area contributed by atoms with Crippen molar-refractivity contribution in [3.8, 4) is 12.8 Å². The van der Waals surface area contributed by atoms with Crippen LogP contribution in [0.2, 0.25) is 0 Å². The summed E-state index contributed by atoms with van der Waals surface area (Å²) in [6, 6.07) is 8.50. The van der Waals surface area contributed by atoms with Crippen molar-refractivity contribution in [1.82, 2.24) is 0 Å². The van der Waals surface area contributed by atoms with E-state index in [0.717, 1.165) is 31.3 Å². The second kappa shape index (κ2) is 7.71. The molecule has 1 aromatic rings. The average Bonchev–Trinajstić information content (AvgIpc) is 2.98. The number of benzene rings is 1. The van der Waals surface area contributed by atoms with Gasteiger partial charge in [0.2, 0.25) is 0 Å². The first-order valence-electron chi connectivity index (χ1n) is 7.19. The van der Waals surface area contributed by atoms with E-state index in [1.807, 2.05) is 0 Å². The highest BCUT2D eigenvalue weighted by Gasteiger charge is 2.38. The van der Waals surface area contributed by atoms with Crippen LogP contribution in [0.5, 0.6) is 0 Å². The largest absolute Gasteiger partial charge is 0.509 e. The van der Waals surface area contributed by atoms with E-state index in [4.69, 9.17) is 0 Å². The van der Waals surface area contributed by atoms with Crippen LogP contribution < -0.4 is 0 Å². The molecule has 112 valence electrons. The molecule has 1 fully saturated rings. The molecule has 0 heterocycles. The fourth-order valence-electron chi connectivity index (χ4n) is 3.18. The van der Waals surface area contributed by atoms with E-state index in [9.17, 15) is 10.2 Å². The molecule has 0 bridgehead atoms. The number of aliphatic hydroxyl groups is 2. The molecule has 0 unspecified atom stereocenters. The van der Waals surface area contributed by atoms with E-state index in [1.165, 1.54) is 11.1 Å². The van der Waals surface area contributed by atoms with Crippen LogP contribution >= 0.6 is 0 Å². The fraction of sp³-hybridized carbons (Fsp3) is 0.368. The van der Waals surface area contributed by atoms with E-state index >= 15 is 0 Å². The van der Waals surface area contributed by atoms with Gasteiger partial charge in [-0.2, -0.15) is 0 Å². The van der Waals surface area contributed by atoms with Crippen molar-refractivity contribution < 1.29 is 10.2 Å². The first-order chi connectivity index (χ1) is 10.1. The molecule has 0 aliphatic heterocycles. The van der Waals surface area contributed by atoms with Gasteiger partial charge in [-0.25, -0.2) is 0 Å². The number of aliphatic hydroxyl groups excluding tert-OH is 2. The minimum atomic E-state index is -0.131. The normalized spacial score (nSPS) is 16.9. The Bertz CT molecular complexity index is 514. The Morgan fingerprint density at radius 1 is 1.24 bits per heavy atom. The Hall–Kier alpha value is -1.98. The molecule has 2 rings (SSSR count). The highest BCUT2D eigenvalue weighted by atomic mass is 16.3. The van der Waals surface area contributed by atoms with Crippen molar-refractivity contribution in [3.05, 3.63) is 59.4 Å². The Labute approximate surface area is 127 Å². The SMILES string of the molecule is C#C.C=C(O)/C=C(\CO)C1(c2ccc(C)cc2)CCCC1. The average molecular weight is 284 g/mol. The van der Waals surface area contributed by atoms with Gasteiger partial charge in [-0.1, -0.05) is 49.2 Å². The maximum absolute atomic E-state index is 9.70. The molecule has 0 aromatic heterocycles. The van der Waals surface area contributed by atoms with Gasteiger partial charge in [-0.3, -0.25) is 0 Å². The topological polar surface area (TPSA) is 40.5 Å². The zero-order chi connectivity index (χ0) is 15.9. The van der Waals surface area contributed by atoms with Gasteiger partial charge in [0.1, 0.15) is 5.76 Å². The van der Waals surface area contributed by atoms with Crippen LogP contribution in [0.25, 0.3) is 0 Å².